The molecule has 1 aromatic rings. The van der Waals surface area contributed by atoms with E-state index in [2.05, 4.69) is 20.1 Å². The van der Waals surface area contributed by atoms with Crippen LogP contribution in [-0.4, -0.2) is 33.9 Å². The first-order valence-corrected chi connectivity index (χ1v) is 6.70. The van der Waals surface area contributed by atoms with Gasteiger partial charge >= 0.3 is 0 Å². The first kappa shape index (κ1) is 11.2. The molecule has 1 aromatic heterocycles. The second kappa shape index (κ2) is 4.74. The Bertz CT molecular complexity index is 380. The molecule has 17 heavy (non-hydrogen) atoms. The van der Waals surface area contributed by atoms with E-state index in [1.807, 2.05) is 0 Å². The van der Waals surface area contributed by atoms with Crippen molar-refractivity contribution in [3.63, 3.8) is 0 Å². The molecular formula is C12H21N5. The van der Waals surface area contributed by atoms with Gasteiger partial charge in [0.15, 0.2) is 0 Å². The second-order valence-electron chi connectivity index (χ2n) is 5.36. The number of fused-ring (bicyclic) bond motifs is 1. The Morgan fingerprint density at radius 1 is 1.35 bits per heavy atom. The lowest BCUT2D eigenvalue weighted by Gasteiger charge is -2.24. The van der Waals surface area contributed by atoms with E-state index in [0.29, 0.717) is 0 Å². The van der Waals surface area contributed by atoms with Gasteiger partial charge in [-0.15, -0.1) is 10.2 Å². The summed E-state index contributed by atoms with van der Waals surface area (Å²) in [5.41, 5.74) is 6.02. The molecule has 2 atom stereocenters. The van der Waals surface area contributed by atoms with Gasteiger partial charge in [-0.2, -0.15) is 0 Å². The van der Waals surface area contributed by atoms with Gasteiger partial charge in [0.1, 0.15) is 11.6 Å². The summed E-state index contributed by atoms with van der Waals surface area (Å²) in [4.78, 5) is 0. The van der Waals surface area contributed by atoms with Gasteiger partial charge in [0.25, 0.3) is 0 Å². The van der Waals surface area contributed by atoms with Crippen molar-refractivity contribution in [2.75, 3.05) is 13.1 Å². The number of nitrogens with one attached hydrogen (secondary N) is 1. The van der Waals surface area contributed by atoms with Gasteiger partial charge in [-0.25, -0.2) is 0 Å². The van der Waals surface area contributed by atoms with Gasteiger partial charge < -0.3 is 15.6 Å². The van der Waals surface area contributed by atoms with Crippen LogP contribution >= 0.6 is 0 Å². The zero-order valence-corrected chi connectivity index (χ0v) is 10.2. The van der Waals surface area contributed by atoms with Gasteiger partial charge in [-0.05, 0) is 38.3 Å². The second-order valence-corrected chi connectivity index (χ2v) is 5.36. The fourth-order valence-corrected chi connectivity index (χ4v) is 2.92. The molecule has 3 N–H and O–H groups in total. The van der Waals surface area contributed by atoms with Crippen molar-refractivity contribution in [1.82, 2.24) is 20.1 Å². The van der Waals surface area contributed by atoms with Crippen LogP contribution in [0.3, 0.4) is 0 Å². The highest BCUT2D eigenvalue weighted by Crippen LogP contribution is 2.19. The van der Waals surface area contributed by atoms with E-state index in [-0.39, 0.29) is 6.04 Å². The van der Waals surface area contributed by atoms with Crippen LogP contribution in [0.5, 0.6) is 0 Å². The van der Waals surface area contributed by atoms with Crippen molar-refractivity contribution in [3.05, 3.63) is 11.6 Å². The highest BCUT2D eigenvalue weighted by atomic mass is 15.3. The van der Waals surface area contributed by atoms with Crippen LogP contribution in [0.2, 0.25) is 0 Å². The average molecular weight is 235 g/mol. The van der Waals surface area contributed by atoms with Crippen molar-refractivity contribution in [2.24, 2.45) is 11.7 Å². The Hall–Kier alpha value is -0.940. The molecule has 0 spiro atoms. The van der Waals surface area contributed by atoms with Crippen LogP contribution in [0, 0.1) is 5.92 Å². The van der Waals surface area contributed by atoms with Gasteiger partial charge in [0, 0.05) is 25.4 Å². The standard InChI is InChI=1S/C12H21N5/c13-10-3-4-11-15-16-12(17(11)8-10)6-9-2-1-5-14-7-9/h9-10,14H,1-8,13H2. The number of hydrogen-bond donors (Lipinski definition) is 2. The number of nitrogens with zero attached hydrogens (tertiary/aromatic N) is 3. The molecule has 1 saturated heterocycles. The summed E-state index contributed by atoms with van der Waals surface area (Å²) in [6, 6.07) is 0.279. The highest BCUT2D eigenvalue weighted by Gasteiger charge is 2.23. The van der Waals surface area contributed by atoms with Gasteiger partial charge in [0.05, 0.1) is 0 Å². The van der Waals surface area contributed by atoms with Crippen LogP contribution < -0.4 is 11.1 Å². The molecule has 0 aliphatic carbocycles. The molecule has 3 rings (SSSR count). The normalized spacial score (nSPS) is 29.0. The fraction of sp³-hybridized carbons (Fsp3) is 0.833. The summed E-state index contributed by atoms with van der Waals surface area (Å²) in [5.74, 6) is 2.99. The number of aromatic nitrogens is 3. The summed E-state index contributed by atoms with van der Waals surface area (Å²) < 4.78 is 2.25. The molecule has 2 unspecified atom stereocenters. The Morgan fingerprint density at radius 3 is 3.12 bits per heavy atom. The molecule has 1 fully saturated rings. The zero-order valence-electron chi connectivity index (χ0n) is 10.2. The van der Waals surface area contributed by atoms with Gasteiger partial charge in [-0.3, -0.25) is 0 Å². The predicted molar refractivity (Wildman–Crippen MR) is 65.6 cm³/mol. The van der Waals surface area contributed by atoms with E-state index in [9.17, 15) is 0 Å². The number of rotatable bonds is 2. The maximum atomic E-state index is 6.02. The Labute approximate surface area is 102 Å². The van der Waals surface area contributed by atoms with E-state index < -0.39 is 0 Å². The summed E-state index contributed by atoms with van der Waals surface area (Å²) in [6.45, 7) is 3.19. The van der Waals surface area contributed by atoms with Crippen LogP contribution in [0.15, 0.2) is 0 Å². The van der Waals surface area contributed by atoms with Gasteiger partial charge in [-0.1, -0.05) is 0 Å². The third kappa shape index (κ3) is 2.35. The maximum absolute atomic E-state index is 6.02. The third-order valence-electron chi connectivity index (χ3n) is 3.93. The lowest BCUT2D eigenvalue weighted by Crippen LogP contribution is -2.34. The summed E-state index contributed by atoms with van der Waals surface area (Å²) >= 11 is 0. The minimum atomic E-state index is 0.279. The lowest BCUT2D eigenvalue weighted by molar-refractivity contribution is 0.359. The molecule has 0 bridgehead atoms. The number of piperidine rings is 1. The van der Waals surface area contributed by atoms with Crippen molar-refractivity contribution >= 4 is 0 Å². The molecule has 0 amide bonds. The first-order valence-electron chi connectivity index (χ1n) is 6.70. The number of aryl methyl sites for hydroxylation is 1. The minimum absolute atomic E-state index is 0.279. The molecule has 2 aliphatic heterocycles. The monoisotopic (exact) mass is 235 g/mol. The van der Waals surface area contributed by atoms with E-state index in [1.54, 1.807) is 0 Å². The van der Waals surface area contributed by atoms with E-state index in [4.69, 9.17) is 5.73 Å². The zero-order chi connectivity index (χ0) is 11.7. The molecule has 2 aliphatic rings. The Morgan fingerprint density at radius 2 is 2.29 bits per heavy atom. The largest absolute Gasteiger partial charge is 0.326 e. The smallest absolute Gasteiger partial charge is 0.133 e. The van der Waals surface area contributed by atoms with Crippen LogP contribution in [0.1, 0.15) is 30.9 Å². The molecule has 0 saturated carbocycles. The van der Waals surface area contributed by atoms with E-state index in [1.165, 1.54) is 19.4 Å². The molecule has 3 heterocycles. The van der Waals surface area contributed by atoms with Gasteiger partial charge in [0.2, 0.25) is 0 Å². The molecule has 0 radical (unpaired) electrons. The van der Waals surface area contributed by atoms with E-state index >= 15 is 0 Å². The highest BCUT2D eigenvalue weighted by molar-refractivity contribution is 5.02. The molecule has 0 aromatic carbocycles. The van der Waals surface area contributed by atoms with Crippen molar-refractivity contribution in [2.45, 2.75) is 44.7 Å². The molecule has 5 heteroatoms. The Kier molecular flexibility index (Phi) is 3.11. The van der Waals surface area contributed by atoms with Crippen molar-refractivity contribution in [1.29, 1.82) is 0 Å². The average Bonchev–Trinajstić information content (AvgIpc) is 2.73. The van der Waals surface area contributed by atoms with E-state index in [0.717, 1.165) is 49.9 Å². The van der Waals surface area contributed by atoms with Crippen molar-refractivity contribution < 1.29 is 0 Å². The number of nitrogens with two attached hydrogens (primary N) is 1. The quantitative estimate of drug-likeness (QED) is 0.762. The fourth-order valence-electron chi connectivity index (χ4n) is 2.92. The minimum Gasteiger partial charge on any atom is -0.326 e. The van der Waals surface area contributed by atoms with Crippen LogP contribution in [-0.2, 0) is 19.4 Å². The lowest BCUT2D eigenvalue weighted by atomic mass is 9.95. The number of hydrogen-bond acceptors (Lipinski definition) is 4. The third-order valence-corrected chi connectivity index (χ3v) is 3.93. The SMILES string of the molecule is NC1CCc2nnc(CC3CCCNC3)n2C1. The molecular weight excluding hydrogens is 214 g/mol. The predicted octanol–water partition coefficient (Wildman–Crippen LogP) is 0.0937. The maximum Gasteiger partial charge on any atom is 0.133 e. The van der Waals surface area contributed by atoms with Crippen LogP contribution in [0.4, 0.5) is 0 Å². The van der Waals surface area contributed by atoms with Crippen molar-refractivity contribution in [3.8, 4) is 0 Å². The topological polar surface area (TPSA) is 68.8 Å². The Balaban J connectivity index is 1.72. The summed E-state index contributed by atoms with van der Waals surface area (Å²) in [6.07, 6.45) is 5.67. The summed E-state index contributed by atoms with van der Waals surface area (Å²) in [7, 11) is 0. The summed E-state index contributed by atoms with van der Waals surface area (Å²) in [5, 5.41) is 12.1. The first-order chi connectivity index (χ1) is 8.33. The molecule has 94 valence electrons. The van der Waals surface area contributed by atoms with Crippen LogP contribution in [0.25, 0.3) is 0 Å². The molecule has 5 nitrogen and oxygen atoms in total.